The fourth-order valence-electron chi connectivity index (χ4n) is 5.62. The summed E-state index contributed by atoms with van der Waals surface area (Å²) < 4.78 is 9.12. The highest BCUT2D eigenvalue weighted by molar-refractivity contribution is 5.80. The Morgan fingerprint density at radius 2 is 1.58 bits per heavy atom. The molecule has 0 amide bonds. The highest BCUT2D eigenvalue weighted by atomic mass is 16.5. The van der Waals surface area contributed by atoms with Crippen molar-refractivity contribution in [1.82, 2.24) is 39.3 Å². The molecule has 6 rings (SSSR count). The fraction of sp³-hybridized carbons (Fsp3) is 0.242. The molecule has 1 N–H and O–H groups in total. The quantitative estimate of drug-likeness (QED) is 0.243. The number of tetrazole rings is 1. The van der Waals surface area contributed by atoms with Crippen LogP contribution in [0.1, 0.15) is 49.7 Å². The van der Waals surface area contributed by atoms with E-state index in [9.17, 15) is 14.4 Å². The van der Waals surface area contributed by atoms with E-state index in [1.54, 1.807) is 0 Å². The standard InChI is InChI=1S/C33H32N8O4/c1-20(2)30-34-31-28(32(43)40(19-27(42)45-4)33(44)41(31)21(3)23-10-6-5-7-11-23)39(30)18-22-14-16-24(17-15-22)25-12-8-9-13-26(25)29-35-37-38-36-29/h5-17,20-21H,18-19H2,1-4H3,(H,35,36,37,38). The van der Waals surface area contributed by atoms with Crippen LogP contribution in [0.4, 0.5) is 0 Å². The topological polar surface area (TPSA) is 143 Å². The number of fused-ring (bicyclic) bond motifs is 1. The molecule has 1 unspecified atom stereocenters. The molecule has 0 saturated carbocycles. The zero-order chi connectivity index (χ0) is 31.7. The van der Waals surface area contributed by atoms with E-state index in [4.69, 9.17) is 9.72 Å². The number of hydrogen-bond acceptors (Lipinski definition) is 8. The van der Waals surface area contributed by atoms with E-state index in [2.05, 4.69) is 20.6 Å². The number of nitrogens with zero attached hydrogens (tertiary/aromatic N) is 7. The van der Waals surface area contributed by atoms with Crippen LogP contribution in [-0.4, -0.2) is 52.4 Å². The van der Waals surface area contributed by atoms with Crippen LogP contribution in [0.15, 0.2) is 88.5 Å². The molecule has 228 valence electrons. The SMILES string of the molecule is COC(=O)Cn1c(=O)c2c(nc(C(C)C)n2Cc2ccc(-c3ccccc3-c3nnn[nH]3)cc2)n(C(C)c2ccccc2)c1=O. The smallest absolute Gasteiger partial charge is 0.333 e. The third-order valence-corrected chi connectivity index (χ3v) is 7.93. The molecule has 45 heavy (non-hydrogen) atoms. The summed E-state index contributed by atoms with van der Waals surface area (Å²) in [5, 5.41) is 14.3. The number of nitrogens with one attached hydrogen (secondary N) is 1. The van der Waals surface area contributed by atoms with Crippen LogP contribution < -0.4 is 11.2 Å². The first kappa shape index (κ1) is 29.4. The Bertz CT molecular complexity index is 2090. The van der Waals surface area contributed by atoms with Crippen LogP contribution in [-0.2, 0) is 22.6 Å². The van der Waals surface area contributed by atoms with Gasteiger partial charge in [0.15, 0.2) is 17.0 Å². The largest absolute Gasteiger partial charge is 0.468 e. The average molecular weight is 605 g/mol. The van der Waals surface area contributed by atoms with Gasteiger partial charge < -0.3 is 9.30 Å². The Morgan fingerprint density at radius 1 is 0.889 bits per heavy atom. The molecule has 0 spiro atoms. The first-order valence-corrected chi connectivity index (χ1v) is 14.6. The van der Waals surface area contributed by atoms with E-state index < -0.39 is 29.8 Å². The van der Waals surface area contributed by atoms with Gasteiger partial charge in [0.1, 0.15) is 12.4 Å². The number of aromatic nitrogens is 8. The molecule has 0 aliphatic carbocycles. The van der Waals surface area contributed by atoms with Crippen LogP contribution in [0.3, 0.4) is 0 Å². The highest BCUT2D eigenvalue weighted by Gasteiger charge is 2.26. The predicted octanol–water partition coefficient (Wildman–Crippen LogP) is 4.16. The number of rotatable bonds is 9. The third-order valence-electron chi connectivity index (χ3n) is 7.93. The Hall–Kier alpha value is -5.65. The Balaban J connectivity index is 1.49. The minimum Gasteiger partial charge on any atom is -0.468 e. The first-order valence-electron chi connectivity index (χ1n) is 14.6. The summed E-state index contributed by atoms with van der Waals surface area (Å²) in [5.41, 5.74) is 3.89. The van der Waals surface area contributed by atoms with E-state index in [0.717, 1.165) is 32.4 Å². The molecular weight excluding hydrogens is 572 g/mol. The van der Waals surface area contributed by atoms with Crippen LogP contribution in [0.2, 0.25) is 0 Å². The predicted molar refractivity (Wildman–Crippen MR) is 169 cm³/mol. The minimum atomic E-state index is -0.695. The Morgan fingerprint density at radius 3 is 2.22 bits per heavy atom. The summed E-state index contributed by atoms with van der Waals surface area (Å²) in [4.78, 5) is 45.1. The molecule has 12 heteroatoms. The van der Waals surface area contributed by atoms with Crippen LogP contribution in [0.25, 0.3) is 33.7 Å². The molecule has 0 radical (unpaired) electrons. The second-order valence-electron chi connectivity index (χ2n) is 11.1. The van der Waals surface area contributed by atoms with Gasteiger partial charge in [0.05, 0.1) is 13.2 Å². The number of carbonyl (C=O) groups excluding carboxylic acids is 1. The minimum absolute atomic E-state index is 0.0666. The first-order chi connectivity index (χ1) is 21.8. The molecule has 3 aromatic heterocycles. The molecule has 0 fully saturated rings. The number of ether oxygens (including phenoxy) is 1. The van der Waals surface area contributed by atoms with Crippen LogP contribution >= 0.6 is 0 Å². The van der Waals surface area contributed by atoms with Crippen molar-refractivity contribution in [3.05, 3.63) is 117 Å². The van der Waals surface area contributed by atoms with Crippen molar-refractivity contribution in [2.24, 2.45) is 0 Å². The molecule has 0 aliphatic heterocycles. The summed E-state index contributed by atoms with van der Waals surface area (Å²) in [6.45, 7) is 5.67. The van der Waals surface area contributed by atoms with Gasteiger partial charge in [0.25, 0.3) is 5.56 Å². The number of benzene rings is 3. The lowest BCUT2D eigenvalue weighted by molar-refractivity contribution is -0.141. The van der Waals surface area contributed by atoms with Crippen molar-refractivity contribution in [3.63, 3.8) is 0 Å². The molecule has 0 bridgehead atoms. The maximum atomic E-state index is 14.0. The second kappa shape index (κ2) is 12.2. The summed E-state index contributed by atoms with van der Waals surface area (Å²) >= 11 is 0. The average Bonchev–Trinajstić information content (AvgIpc) is 3.73. The van der Waals surface area contributed by atoms with E-state index in [-0.39, 0.29) is 17.1 Å². The normalized spacial score (nSPS) is 12.1. The van der Waals surface area contributed by atoms with Gasteiger partial charge in [-0.1, -0.05) is 92.7 Å². The van der Waals surface area contributed by atoms with Crippen molar-refractivity contribution < 1.29 is 9.53 Å². The Labute approximate surface area is 257 Å². The summed E-state index contributed by atoms with van der Waals surface area (Å²) in [7, 11) is 1.22. The molecule has 1 atom stereocenters. The lowest BCUT2D eigenvalue weighted by atomic mass is 9.98. The van der Waals surface area contributed by atoms with Gasteiger partial charge in [-0.25, -0.2) is 19.4 Å². The van der Waals surface area contributed by atoms with Crippen molar-refractivity contribution in [2.75, 3.05) is 7.11 Å². The molecule has 0 aliphatic rings. The van der Waals surface area contributed by atoms with Gasteiger partial charge in [-0.3, -0.25) is 14.2 Å². The number of imidazole rings is 1. The van der Waals surface area contributed by atoms with Crippen LogP contribution in [0, 0.1) is 0 Å². The van der Waals surface area contributed by atoms with Gasteiger partial charge >= 0.3 is 11.7 Å². The number of aromatic amines is 1. The molecule has 3 heterocycles. The summed E-state index contributed by atoms with van der Waals surface area (Å²) in [5.74, 6) is 0.460. The monoisotopic (exact) mass is 604 g/mol. The second-order valence-corrected chi connectivity index (χ2v) is 11.1. The van der Waals surface area contributed by atoms with Crippen molar-refractivity contribution in [2.45, 2.75) is 45.8 Å². The zero-order valence-corrected chi connectivity index (χ0v) is 25.3. The van der Waals surface area contributed by atoms with Crippen molar-refractivity contribution in [1.29, 1.82) is 0 Å². The van der Waals surface area contributed by atoms with Gasteiger partial charge in [0.2, 0.25) is 0 Å². The number of esters is 1. The van der Waals surface area contributed by atoms with E-state index in [1.165, 1.54) is 11.7 Å². The lowest BCUT2D eigenvalue weighted by Crippen LogP contribution is -2.43. The van der Waals surface area contributed by atoms with Crippen molar-refractivity contribution >= 4 is 17.1 Å². The number of methoxy groups -OCH3 is 1. The van der Waals surface area contributed by atoms with E-state index >= 15 is 0 Å². The van der Waals surface area contributed by atoms with Crippen LogP contribution in [0.5, 0.6) is 0 Å². The highest BCUT2D eigenvalue weighted by Crippen LogP contribution is 2.30. The summed E-state index contributed by atoms with van der Waals surface area (Å²) in [6, 6.07) is 24.9. The third kappa shape index (κ3) is 5.46. The molecule has 6 aromatic rings. The van der Waals surface area contributed by atoms with Gasteiger partial charge in [-0.15, -0.1) is 5.10 Å². The number of hydrogen-bond donors (Lipinski definition) is 1. The maximum absolute atomic E-state index is 14.0. The van der Waals surface area contributed by atoms with Gasteiger partial charge in [-0.05, 0) is 39.6 Å². The zero-order valence-electron chi connectivity index (χ0n) is 25.3. The van der Waals surface area contributed by atoms with E-state index in [1.807, 2.05) is 104 Å². The van der Waals surface area contributed by atoms with Gasteiger partial charge in [0, 0.05) is 18.0 Å². The van der Waals surface area contributed by atoms with Crippen molar-refractivity contribution in [3.8, 4) is 22.5 Å². The molecule has 0 saturated heterocycles. The number of H-pyrrole nitrogens is 1. The van der Waals surface area contributed by atoms with E-state index in [0.29, 0.717) is 18.2 Å². The molecular formula is C33H32N8O4. The lowest BCUT2D eigenvalue weighted by Gasteiger charge is -2.18. The Kier molecular flexibility index (Phi) is 7.95. The maximum Gasteiger partial charge on any atom is 0.333 e. The summed E-state index contributed by atoms with van der Waals surface area (Å²) in [6.07, 6.45) is 0. The van der Waals surface area contributed by atoms with Gasteiger partial charge in [-0.2, -0.15) is 0 Å². The number of carbonyl (C=O) groups is 1. The molecule has 3 aromatic carbocycles. The fourth-order valence-corrected chi connectivity index (χ4v) is 5.62. The molecule has 12 nitrogen and oxygen atoms in total.